The van der Waals surface area contributed by atoms with E-state index in [2.05, 4.69) is 12.9 Å². The molecule has 0 atom stereocenters. The molecule has 0 unspecified atom stereocenters. The maximum Gasteiger partial charge on any atom is 0.225 e. The van der Waals surface area contributed by atoms with Crippen molar-refractivity contribution < 1.29 is 8.98 Å². The van der Waals surface area contributed by atoms with Crippen LogP contribution in [0.15, 0.2) is 0 Å². The van der Waals surface area contributed by atoms with Crippen molar-refractivity contribution in [3.05, 3.63) is 0 Å². The second-order valence-corrected chi connectivity index (χ2v) is 4.02. The van der Waals surface area contributed by atoms with E-state index in [0.29, 0.717) is 0 Å². The smallest absolute Gasteiger partial charge is 0.225 e. The van der Waals surface area contributed by atoms with Crippen molar-refractivity contribution >= 4 is 18.8 Å². The molecule has 0 bridgehead atoms. The second kappa shape index (κ2) is 4.86. The highest BCUT2D eigenvalue weighted by Crippen LogP contribution is 2.27. The number of carbonyl (C=O) groups excluding carboxylic acids is 1. The van der Waals surface area contributed by atoms with Crippen molar-refractivity contribution in [3.8, 4) is 0 Å². The van der Waals surface area contributed by atoms with E-state index in [-0.39, 0.29) is 17.9 Å². The molecule has 0 spiro atoms. The van der Waals surface area contributed by atoms with Gasteiger partial charge in [0.05, 0.1) is 6.10 Å². The predicted octanol–water partition coefficient (Wildman–Crippen LogP) is 1.49. The summed E-state index contributed by atoms with van der Waals surface area (Å²) in [6.07, 6.45) is 4.01. The lowest BCUT2D eigenvalue weighted by molar-refractivity contribution is -0.134. The van der Waals surface area contributed by atoms with Gasteiger partial charge in [0.15, 0.2) is 0 Å². The molecule has 0 aromatic rings. The molecule has 1 aliphatic rings. The van der Waals surface area contributed by atoms with Crippen molar-refractivity contribution in [1.29, 1.82) is 0 Å². The molecule has 0 aromatic heterocycles. The van der Waals surface area contributed by atoms with Crippen LogP contribution in [0.3, 0.4) is 0 Å². The van der Waals surface area contributed by atoms with Crippen LogP contribution in [0.5, 0.6) is 0 Å². The van der Waals surface area contributed by atoms with Crippen LogP contribution in [0.1, 0.15) is 25.7 Å². The summed E-state index contributed by atoms with van der Waals surface area (Å²) in [7, 11) is 3.62. The van der Waals surface area contributed by atoms with Gasteiger partial charge < -0.3 is 9.08 Å². The molecule has 1 fully saturated rings. The quantitative estimate of drug-likeness (QED) is 0.544. The fourth-order valence-corrected chi connectivity index (χ4v) is 1.99. The molecule has 0 aliphatic heterocycles. The Balaban J connectivity index is 2.36. The SMILES string of the molecule is CN(C)C(=O)C1CCC(OS)CC1. The Morgan fingerprint density at radius 2 is 1.85 bits per heavy atom. The number of hydrogen-bond acceptors (Lipinski definition) is 3. The van der Waals surface area contributed by atoms with E-state index in [4.69, 9.17) is 4.18 Å². The molecular weight excluding hydrogens is 186 g/mol. The van der Waals surface area contributed by atoms with Gasteiger partial charge in [-0.25, -0.2) is 0 Å². The van der Waals surface area contributed by atoms with Crippen molar-refractivity contribution in [3.63, 3.8) is 0 Å². The lowest BCUT2D eigenvalue weighted by Crippen LogP contribution is -2.33. The summed E-state index contributed by atoms with van der Waals surface area (Å²) in [6, 6.07) is 0. The first-order chi connectivity index (χ1) is 6.15. The monoisotopic (exact) mass is 203 g/mol. The average Bonchev–Trinajstić information content (AvgIpc) is 2.17. The van der Waals surface area contributed by atoms with Crippen LogP contribution in [-0.4, -0.2) is 31.0 Å². The summed E-state index contributed by atoms with van der Waals surface area (Å²) in [5.41, 5.74) is 0. The average molecular weight is 203 g/mol. The highest BCUT2D eigenvalue weighted by Gasteiger charge is 2.27. The van der Waals surface area contributed by atoms with Gasteiger partial charge in [0, 0.05) is 20.0 Å². The van der Waals surface area contributed by atoms with Crippen LogP contribution in [0.25, 0.3) is 0 Å². The standard InChI is InChI=1S/C9H17NO2S/c1-10(2)9(11)7-3-5-8(12-13)6-4-7/h7-8,13H,3-6H2,1-2H3. The minimum absolute atomic E-state index is 0.203. The van der Waals surface area contributed by atoms with Crippen LogP contribution in [0, 0.1) is 5.92 Å². The van der Waals surface area contributed by atoms with Crippen LogP contribution in [0.2, 0.25) is 0 Å². The van der Waals surface area contributed by atoms with Gasteiger partial charge in [0.25, 0.3) is 0 Å². The molecule has 0 N–H and O–H groups in total. The van der Waals surface area contributed by atoms with Gasteiger partial charge >= 0.3 is 0 Å². The summed E-state index contributed by atoms with van der Waals surface area (Å²) < 4.78 is 4.95. The van der Waals surface area contributed by atoms with E-state index in [1.165, 1.54) is 0 Å². The highest BCUT2D eigenvalue weighted by atomic mass is 32.1. The minimum atomic E-state index is 0.203. The Bertz CT molecular complexity index is 176. The van der Waals surface area contributed by atoms with Gasteiger partial charge in [0.2, 0.25) is 5.91 Å². The maximum atomic E-state index is 11.6. The zero-order valence-corrected chi connectivity index (χ0v) is 9.09. The molecule has 1 saturated carbocycles. The summed E-state index contributed by atoms with van der Waals surface area (Å²) in [6.45, 7) is 0. The lowest BCUT2D eigenvalue weighted by Gasteiger charge is -2.27. The summed E-state index contributed by atoms with van der Waals surface area (Å²) >= 11 is 3.79. The largest absolute Gasteiger partial charge is 0.349 e. The number of carbonyl (C=O) groups is 1. The van der Waals surface area contributed by atoms with Gasteiger partial charge in [0.1, 0.15) is 0 Å². The van der Waals surface area contributed by atoms with Gasteiger partial charge in [-0.05, 0) is 38.6 Å². The predicted molar refractivity (Wildman–Crippen MR) is 54.5 cm³/mol. The summed E-state index contributed by atoms with van der Waals surface area (Å²) in [5.74, 6) is 0.451. The van der Waals surface area contributed by atoms with Crippen LogP contribution in [-0.2, 0) is 8.98 Å². The van der Waals surface area contributed by atoms with Crippen LogP contribution in [0.4, 0.5) is 0 Å². The molecule has 76 valence electrons. The number of amides is 1. The van der Waals surface area contributed by atoms with E-state index in [0.717, 1.165) is 25.7 Å². The molecule has 13 heavy (non-hydrogen) atoms. The number of thiol groups is 1. The molecular formula is C9H17NO2S. The number of rotatable bonds is 2. The molecule has 0 saturated heterocycles. The Morgan fingerprint density at radius 3 is 2.23 bits per heavy atom. The van der Waals surface area contributed by atoms with Gasteiger partial charge in [-0.3, -0.25) is 4.79 Å². The molecule has 3 nitrogen and oxygen atoms in total. The van der Waals surface area contributed by atoms with Gasteiger partial charge in [-0.15, -0.1) is 0 Å². The topological polar surface area (TPSA) is 29.5 Å². The van der Waals surface area contributed by atoms with Crippen molar-refractivity contribution in [2.24, 2.45) is 5.92 Å². The second-order valence-electron chi connectivity index (χ2n) is 3.81. The maximum absolute atomic E-state index is 11.6. The van der Waals surface area contributed by atoms with Crippen molar-refractivity contribution in [1.82, 2.24) is 4.90 Å². The fraction of sp³-hybridized carbons (Fsp3) is 0.889. The fourth-order valence-electron chi connectivity index (χ4n) is 1.78. The summed E-state index contributed by atoms with van der Waals surface area (Å²) in [4.78, 5) is 13.2. The lowest BCUT2D eigenvalue weighted by atomic mass is 9.87. The molecule has 0 radical (unpaired) electrons. The summed E-state index contributed by atoms with van der Waals surface area (Å²) in [5, 5.41) is 0. The Kier molecular flexibility index (Phi) is 4.06. The Labute approximate surface area is 85.1 Å². The van der Waals surface area contributed by atoms with E-state index in [1.54, 1.807) is 4.90 Å². The molecule has 1 amide bonds. The van der Waals surface area contributed by atoms with Gasteiger partial charge in [-0.1, -0.05) is 0 Å². The molecule has 1 aliphatic carbocycles. The minimum Gasteiger partial charge on any atom is -0.349 e. The Morgan fingerprint density at radius 1 is 1.31 bits per heavy atom. The third kappa shape index (κ3) is 2.88. The molecule has 0 heterocycles. The Hall–Kier alpha value is -0.220. The van der Waals surface area contributed by atoms with Crippen molar-refractivity contribution in [2.75, 3.05) is 14.1 Å². The number of hydrogen-bond donors (Lipinski definition) is 1. The van der Waals surface area contributed by atoms with Crippen molar-refractivity contribution in [2.45, 2.75) is 31.8 Å². The normalized spacial score (nSPS) is 28.5. The first-order valence-electron chi connectivity index (χ1n) is 4.66. The number of nitrogens with zero attached hydrogens (tertiary/aromatic N) is 1. The van der Waals surface area contributed by atoms with Crippen LogP contribution < -0.4 is 0 Å². The van der Waals surface area contributed by atoms with E-state index >= 15 is 0 Å². The van der Waals surface area contributed by atoms with E-state index in [1.807, 2.05) is 14.1 Å². The molecule has 0 aromatic carbocycles. The third-order valence-corrected chi connectivity index (χ3v) is 2.91. The molecule has 4 heteroatoms. The van der Waals surface area contributed by atoms with Crippen LogP contribution >= 0.6 is 12.9 Å². The zero-order chi connectivity index (χ0) is 9.84. The van der Waals surface area contributed by atoms with Gasteiger partial charge in [-0.2, -0.15) is 0 Å². The third-order valence-electron chi connectivity index (χ3n) is 2.61. The van der Waals surface area contributed by atoms with E-state index < -0.39 is 0 Å². The molecule has 1 rings (SSSR count). The van der Waals surface area contributed by atoms with E-state index in [9.17, 15) is 4.79 Å². The zero-order valence-electron chi connectivity index (χ0n) is 8.19. The first kappa shape index (κ1) is 10.9. The highest BCUT2D eigenvalue weighted by molar-refractivity contribution is 7.75. The first-order valence-corrected chi connectivity index (χ1v) is 5.03.